The molecule has 0 radical (unpaired) electrons. The Labute approximate surface area is 334 Å². The minimum atomic E-state index is -2.79. The maximum absolute atomic E-state index is 2.79. The molecule has 0 bridgehead atoms. The van der Waals surface area contributed by atoms with Gasteiger partial charge in [-0.05, 0) is 57.1 Å². The Morgan fingerprint density at radius 1 is 0.224 bits per heavy atom. The summed E-state index contributed by atoms with van der Waals surface area (Å²) in [5, 5.41) is 13.0. The second-order valence-electron chi connectivity index (χ2n) is 15.6. The lowest BCUT2D eigenvalue weighted by Crippen LogP contribution is -2.74. The number of para-hydroxylation sites is 5. The largest absolute Gasteiger partial charge is 0.305 e. The minimum absolute atomic E-state index is 1.16. The quantitative estimate of drug-likeness (QED) is 0.125. The predicted octanol–water partition coefficient (Wildman–Crippen LogP) is 10.7. The van der Waals surface area contributed by atoms with Crippen LogP contribution in [0.3, 0.4) is 0 Å². The summed E-state index contributed by atoms with van der Waals surface area (Å²) in [5.41, 5.74) is 10.8. The number of hydrogen-bond donors (Lipinski definition) is 0. The molecule has 0 unspecified atom stereocenters. The standard InChI is InChI=1S/C54H35N3Si/c1-4-17-36(18-5-1)58(37-19-6-2-7-20-37,38-21-8-3-9-22-38)39-31-34-48-45(35-39)44-33-32-43-41-24-11-13-27-47(41)57-51-30-16-25-42-40-23-10-12-26-46(40)55(52(42)51)49-28-14-15-29-50(49)56(48)54(44)53(43)57/h1-35H. The molecule has 0 N–H and O–H groups in total. The van der Waals surface area contributed by atoms with Crippen LogP contribution in [0.2, 0.25) is 0 Å². The van der Waals surface area contributed by atoms with Crippen molar-refractivity contribution < 1.29 is 0 Å². The summed E-state index contributed by atoms with van der Waals surface area (Å²) in [6.07, 6.45) is 0. The van der Waals surface area contributed by atoms with Crippen LogP contribution in [0.1, 0.15) is 0 Å². The fourth-order valence-electron chi connectivity index (χ4n) is 10.6. The summed E-state index contributed by atoms with van der Waals surface area (Å²) in [6, 6.07) is 79.7. The molecule has 13 aromatic rings. The van der Waals surface area contributed by atoms with Crippen LogP contribution >= 0.6 is 0 Å². The first kappa shape index (κ1) is 31.8. The fourth-order valence-corrected chi connectivity index (χ4v) is 15.4. The monoisotopic (exact) mass is 753 g/mol. The second-order valence-corrected chi connectivity index (χ2v) is 19.4. The van der Waals surface area contributed by atoms with E-state index in [-0.39, 0.29) is 0 Å². The fraction of sp³-hybridized carbons (Fsp3) is 0. The van der Waals surface area contributed by atoms with Crippen LogP contribution in [0.15, 0.2) is 212 Å². The Hall–Kier alpha value is -7.40. The van der Waals surface area contributed by atoms with Gasteiger partial charge in [-0.1, -0.05) is 176 Å². The zero-order valence-corrected chi connectivity index (χ0v) is 32.5. The SMILES string of the molecule is c1ccc([Si](c2ccccc2)(c2ccccc2)c2ccc3c(c2)c2ccc4c5ccccc5n5c6cccc7c8ccccc8n(c8ccccc8n3c2c45)c76)cc1. The first-order valence-electron chi connectivity index (χ1n) is 20.1. The molecular weight excluding hydrogens is 719 g/mol. The molecule has 13 rings (SSSR count). The number of hydrogen-bond acceptors (Lipinski definition) is 0. The van der Waals surface area contributed by atoms with Crippen LogP contribution in [0, 0.1) is 0 Å². The Balaban J connectivity index is 1.31. The first-order chi connectivity index (χ1) is 28.8. The highest BCUT2D eigenvalue weighted by molar-refractivity contribution is 7.20. The van der Waals surface area contributed by atoms with Gasteiger partial charge in [-0.15, -0.1) is 0 Å². The Kier molecular flexibility index (Phi) is 6.47. The lowest BCUT2D eigenvalue weighted by Gasteiger charge is -2.34. The highest BCUT2D eigenvalue weighted by Gasteiger charge is 2.41. The number of fused-ring (bicyclic) bond motifs is 13. The maximum Gasteiger partial charge on any atom is 0.179 e. The van der Waals surface area contributed by atoms with Gasteiger partial charge in [0.2, 0.25) is 0 Å². The lowest BCUT2D eigenvalue weighted by atomic mass is 10.1. The van der Waals surface area contributed by atoms with Crippen molar-refractivity contribution in [2.24, 2.45) is 0 Å². The molecule has 0 spiro atoms. The van der Waals surface area contributed by atoms with Crippen molar-refractivity contribution >= 4 is 111 Å². The van der Waals surface area contributed by atoms with E-state index in [1.165, 1.54) is 91.7 Å². The molecule has 4 aromatic heterocycles. The topological polar surface area (TPSA) is 13.2 Å². The third-order valence-corrected chi connectivity index (χ3v) is 17.7. The summed E-state index contributed by atoms with van der Waals surface area (Å²) >= 11 is 0. The molecule has 58 heavy (non-hydrogen) atoms. The van der Waals surface area contributed by atoms with Crippen LogP contribution in [0.5, 0.6) is 0 Å². The molecule has 0 saturated carbocycles. The lowest BCUT2D eigenvalue weighted by molar-refractivity contribution is 1.30. The van der Waals surface area contributed by atoms with E-state index in [9.17, 15) is 0 Å². The molecule has 4 heterocycles. The predicted molar refractivity (Wildman–Crippen MR) is 248 cm³/mol. The molecule has 3 nitrogen and oxygen atoms in total. The van der Waals surface area contributed by atoms with E-state index in [2.05, 4.69) is 226 Å². The van der Waals surface area contributed by atoms with Gasteiger partial charge in [0, 0.05) is 32.3 Å². The molecule has 270 valence electrons. The Morgan fingerprint density at radius 3 is 1.16 bits per heavy atom. The van der Waals surface area contributed by atoms with E-state index >= 15 is 0 Å². The average Bonchev–Trinajstić information content (AvgIpc) is 3.94. The molecule has 0 amide bonds. The highest BCUT2D eigenvalue weighted by atomic mass is 28.3. The number of aromatic nitrogens is 3. The van der Waals surface area contributed by atoms with Gasteiger partial charge in [0.1, 0.15) is 0 Å². The van der Waals surface area contributed by atoms with Crippen LogP contribution in [0.4, 0.5) is 0 Å². The second kappa shape index (κ2) is 11.8. The van der Waals surface area contributed by atoms with Crippen molar-refractivity contribution in [1.29, 1.82) is 0 Å². The molecule has 0 aliphatic carbocycles. The first-order valence-corrected chi connectivity index (χ1v) is 22.1. The van der Waals surface area contributed by atoms with E-state index in [0.717, 1.165) is 11.0 Å². The van der Waals surface area contributed by atoms with Crippen molar-refractivity contribution in [3.05, 3.63) is 212 Å². The number of benzene rings is 9. The van der Waals surface area contributed by atoms with Gasteiger partial charge in [0.05, 0.1) is 49.7 Å². The van der Waals surface area contributed by atoms with Gasteiger partial charge in [-0.25, -0.2) is 0 Å². The smallest absolute Gasteiger partial charge is 0.179 e. The zero-order chi connectivity index (χ0) is 38.0. The van der Waals surface area contributed by atoms with Gasteiger partial charge in [-0.3, -0.25) is 0 Å². The van der Waals surface area contributed by atoms with Crippen LogP contribution in [0.25, 0.3) is 82.0 Å². The Morgan fingerprint density at radius 2 is 0.603 bits per heavy atom. The molecule has 0 atom stereocenters. The molecule has 4 heteroatoms. The summed E-state index contributed by atoms with van der Waals surface area (Å²) in [7, 11) is -2.79. The van der Waals surface area contributed by atoms with Crippen molar-refractivity contribution in [2.45, 2.75) is 0 Å². The average molecular weight is 754 g/mol. The van der Waals surface area contributed by atoms with Gasteiger partial charge in [-0.2, -0.15) is 0 Å². The van der Waals surface area contributed by atoms with Crippen molar-refractivity contribution in [2.75, 3.05) is 0 Å². The van der Waals surface area contributed by atoms with E-state index in [4.69, 9.17) is 0 Å². The van der Waals surface area contributed by atoms with Gasteiger partial charge in [0.15, 0.2) is 8.07 Å². The normalized spacial score (nSPS) is 12.5. The third-order valence-electron chi connectivity index (χ3n) is 12.9. The van der Waals surface area contributed by atoms with Crippen LogP contribution < -0.4 is 20.7 Å². The van der Waals surface area contributed by atoms with Crippen LogP contribution in [-0.4, -0.2) is 21.3 Å². The summed E-state index contributed by atoms with van der Waals surface area (Å²) in [6.45, 7) is 0. The zero-order valence-electron chi connectivity index (χ0n) is 31.5. The molecule has 0 saturated heterocycles. The minimum Gasteiger partial charge on any atom is -0.305 e. The molecule has 0 aliphatic heterocycles. The van der Waals surface area contributed by atoms with E-state index in [1.54, 1.807) is 0 Å². The van der Waals surface area contributed by atoms with Crippen molar-refractivity contribution in [3.8, 4) is 0 Å². The summed E-state index contributed by atoms with van der Waals surface area (Å²) in [5.74, 6) is 0. The van der Waals surface area contributed by atoms with Crippen molar-refractivity contribution in [3.63, 3.8) is 0 Å². The van der Waals surface area contributed by atoms with Gasteiger partial charge in [0.25, 0.3) is 0 Å². The van der Waals surface area contributed by atoms with Gasteiger partial charge < -0.3 is 13.2 Å². The molecule has 0 fully saturated rings. The van der Waals surface area contributed by atoms with Gasteiger partial charge >= 0.3 is 0 Å². The van der Waals surface area contributed by atoms with E-state index in [1.807, 2.05) is 0 Å². The summed E-state index contributed by atoms with van der Waals surface area (Å²) < 4.78 is 7.65. The molecule has 9 aromatic carbocycles. The van der Waals surface area contributed by atoms with E-state index < -0.39 is 8.07 Å². The molecule has 0 aliphatic rings. The summed E-state index contributed by atoms with van der Waals surface area (Å²) in [4.78, 5) is 0. The van der Waals surface area contributed by atoms with E-state index in [0.29, 0.717) is 0 Å². The molecular formula is C54H35N3Si. The number of nitrogens with zero attached hydrogens (tertiary/aromatic N) is 3. The highest BCUT2D eigenvalue weighted by Crippen LogP contribution is 2.42. The third kappa shape index (κ3) is 4.01. The maximum atomic E-state index is 2.57. The van der Waals surface area contributed by atoms with Crippen molar-refractivity contribution in [1.82, 2.24) is 13.2 Å². The van der Waals surface area contributed by atoms with Crippen LogP contribution in [-0.2, 0) is 0 Å². The number of rotatable bonds is 4. The Bertz CT molecular complexity index is 3690.